The van der Waals surface area contributed by atoms with Crippen molar-refractivity contribution < 1.29 is 5.11 Å². The van der Waals surface area contributed by atoms with Crippen molar-refractivity contribution in [2.24, 2.45) is 5.92 Å². The molecule has 1 aliphatic rings. The van der Waals surface area contributed by atoms with Crippen LogP contribution in [0, 0.1) is 5.92 Å². The summed E-state index contributed by atoms with van der Waals surface area (Å²) in [5, 5.41) is 9.58. The van der Waals surface area contributed by atoms with Crippen molar-refractivity contribution in [3.63, 3.8) is 0 Å². The van der Waals surface area contributed by atoms with Gasteiger partial charge in [-0.25, -0.2) is 0 Å². The number of aliphatic hydroxyl groups is 1. The molecule has 2 rings (SSSR count). The monoisotopic (exact) mass is 296 g/mol. The van der Waals surface area contributed by atoms with E-state index >= 15 is 0 Å². The Bertz CT molecular complexity index is 416. The molecule has 0 amide bonds. The van der Waals surface area contributed by atoms with Crippen LogP contribution in [0.1, 0.15) is 30.0 Å². The molecule has 1 N–H and O–H groups in total. The number of likely N-dealkylation sites (N-methyl/N-ethyl adjacent to an activating group) is 1. The third-order valence-corrected chi connectivity index (χ3v) is 5.22. The second kappa shape index (κ2) is 7.03. The molecule has 1 fully saturated rings. The molecule has 20 heavy (non-hydrogen) atoms. The van der Waals surface area contributed by atoms with E-state index < -0.39 is 0 Å². The smallest absolute Gasteiger partial charge is 0.0587 e. The van der Waals surface area contributed by atoms with Gasteiger partial charge in [-0.05, 0) is 45.0 Å². The number of rotatable bonds is 6. The highest BCUT2D eigenvalue weighted by atomic mass is 32.1. The lowest BCUT2D eigenvalue weighted by molar-refractivity contribution is 0.154. The molecule has 2 atom stereocenters. The van der Waals surface area contributed by atoms with Crippen LogP contribution in [0.2, 0.25) is 0 Å². The van der Waals surface area contributed by atoms with E-state index in [-0.39, 0.29) is 6.61 Å². The van der Waals surface area contributed by atoms with Gasteiger partial charge in [0, 0.05) is 34.9 Å². The van der Waals surface area contributed by atoms with Crippen molar-refractivity contribution in [3.8, 4) is 0 Å². The average molecular weight is 296 g/mol. The zero-order valence-electron chi connectivity index (χ0n) is 13.2. The maximum atomic E-state index is 9.58. The highest BCUT2D eigenvalue weighted by Gasteiger charge is 2.32. The quantitative estimate of drug-likeness (QED) is 0.873. The molecule has 1 aromatic rings. The molecule has 0 aromatic carbocycles. The molecule has 0 aliphatic carbocycles. The summed E-state index contributed by atoms with van der Waals surface area (Å²) in [7, 11) is 4.27. The molecule has 0 saturated carbocycles. The molecule has 1 aliphatic heterocycles. The first-order chi connectivity index (χ1) is 9.49. The van der Waals surface area contributed by atoms with Gasteiger partial charge in [-0.1, -0.05) is 13.8 Å². The van der Waals surface area contributed by atoms with E-state index in [2.05, 4.69) is 49.9 Å². The zero-order chi connectivity index (χ0) is 14.7. The standard InChI is InChI=1S/C16H28N2OS/c1-12(2)7-15-5-6-16(20-15)10-18-9-13(17(3)4)8-14(18)11-19/h5-6,12-14,19H,7-11H2,1-4H3/t13-,14+/m1/s1. The largest absolute Gasteiger partial charge is 0.395 e. The minimum absolute atomic E-state index is 0.272. The molecule has 3 nitrogen and oxygen atoms in total. The number of aliphatic hydroxyl groups excluding tert-OH is 1. The van der Waals surface area contributed by atoms with Gasteiger partial charge in [0.25, 0.3) is 0 Å². The number of likely N-dealkylation sites (tertiary alicyclic amines) is 1. The van der Waals surface area contributed by atoms with Crippen LogP contribution in [0.4, 0.5) is 0 Å². The molecule has 0 spiro atoms. The van der Waals surface area contributed by atoms with Crippen LogP contribution >= 0.6 is 11.3 Å². The van der Waals surface area contributed by atoms with E-state index in [4.69, 9.17) is 0 Å². The first-order valence-corrected chi connectivity index (χ1v) is 8.40. The molecule has 1 saturated heterocycles. The second-order valence-corrected chi connectivity index (χ2v) is 7.84. The Labute approximate surface area is 127 Å². The molecule has 1 aromatic heterocycles. The van der Waals surface area contributed by atoms with Gasteiger partial charge >= 0.3 is 0 Å². The first-order valence-electron chi connectivity index (χ1n) is 7.58. The third-order valence-electron chi connectivity index (χ3n) is 4.13. The van der Waals surface area contributed by atoms with Crippen molar-refractivity contribution in [2.75, 3.05) is 27.2 Å². The Hall–Kier alpha value is -0.420. The number of hydrogen-bond donors (Lipinski definition) is 1. The number of nitrogens with zero attached hydrogens (tertiary/aromatic N) is 2. The minimum atomic E-state index is 0.272. The summed E-state index contributed by atoms with van der Waals surface area (Å²) in [6.07, 6.45) is 2.25. The fourth-order valence-corrected chi connectivity index (χ4v) is 4.19. The van der Waals surface area contributed by atoms with Gasteiger partial charge in [0.2, 0.25) is 0 Å². The van der Waals surface area contributed by atoms with Gasteiger partial charge in [0.05, 0.1) is 6.61 Å². The summed E-state index contributed by atoms with van der Waals surface area (Å²) >= 11 is 1.93. The Morgan fingerprint density at radius 3 is 2.65 bits per heavy atom. The van der Waals surface area contributed by atoms with E-state index in [1.54, 1.807) is 0 Å². The van der Waals surface area contributed by atoms with E-state index in [9.17, 15) is 5.11 Å². The Balaban J connectivity index is 1.96. The molecule has 0 bridgehead atoms. The number of thiophene rings is 1. The molecule has 4 heteroatoms. The van der Waals surface area contributed by atoms with Crippen LogP contribution in [-0.4, -0.2) is 54.2 Å². The third kappa shape index (κ3) is 4.04. The van der Waals surface area contributed by atoms with Gasteiger partial charge in [0.15, 0.2) is 0 Å². The van der Waals surface area contributed by atoms with Gasteiger partial charge in [0.1, 0.15) is 0 Å². The van der Waals surface area contributed by atoms with Gasteiger partial charge < -0.3 is 10.0 Å². The Kier molecular flexibility index (Phi) is 5.61. The van der Waals surface area contributed by atoms with Crippen LogP contribution in [-0.2, 0) is 13.0 Å². The first kappa shape index (κ1) is 16.0. The normalized spacial score (nSPS) is 24.1. The Morgan fingerprint density at radius 1 is 1.35 bits per heavy atom. The summed E-state index contributed by atoms with van der Waals surface area (Å²) in [6.45, 7) is 6.86. The highest BCUT2D eigenvalue weighted by Crippen LogP contribution is 2.26. The Morgan fingerprint density at radius 2 is 2.05 bits per heavy atom. The van der Waals surface area contributed by atoms with Crippen molar-refractivity contribution in [2.45, 2.75) is 45.3 Å². The maximum Gasteiger partial charge on any atom is 0.0587 e. The number of hydrogen-bond acceptors (Lipinski definition) is 4. The summed E-state index contributed by atoms with van der Waals surface area (Å²) in [5.41, 5.74) is 0. The highest BCUT2D eigenvalue weighted by molar-refractivity contribution is 7.11. The van der Waals surface area contributed by atoms with Crippen LogP contribution in [0.3, 0.4) is 0 Å². The van der Waals surface area contributed by atoms with Crippen LogP contribution in [0.5, 0.6) is 0 Å². The molecule has 114 valence electrons. The van der Waals surface area contributed by atoms with Gasteiger partial charge in [-0.2, -0.15) is 0 Å². The fourth-order valence-electron chi connectivity index (χ4n) is 2.93. The lowest BCUT2D eigenvalue weighted by Crippen LogP contribution is -2.33. The average Bonchev–Trinajstić information content (AvgIpc) is 2.96. The second-order valence-electron chi connectivity index (χ2n) is 6.58. The summed E-state index contributed by atoms with van der Waals surface area (Å²) in [6, 6.07) is 5.42. The van der Waals surface area contributed by atoms with Gasteiger partial charge in [-0.3, -0.25) is 4.90 Å². The fraction of sp³-hybridized carbons (Fsp3) is 0.750. The molecule has 0 radical (unpaired) electrons. The van der Waals surface area contributed by atoms with E-state index in [1.807, 2.05) is 11.3 Å². The molecular formula is C16H28N2OS. The lowest BCUT2D eigenvalue weighted by atomic mass is 10.1. The predicted molar refractivity (Wildman–Crippen MR) is 86.2 cm³/mol. The SMILES string of the molecule is CC(C)Cc1ccc(CN2C[C@H](N(C)C)C[C@H]2CO)s1. The molecular weight excluding hydrogens is 268 g/mol. The van der Waals surface area contributed by atoms with E-state index in [0.717, 1.165) is 25.4 Å². The molecule has 0 unspecified atom stereocenters. The zero-order valence-corrected chi connectivity index (χ0v) is 14.0. The van der Waals surface area contributed by atoms with Crippen LogP contribution in [0.25, 0.3) is 0 Å². The predicted octanol–water partition coefficient (Wildman–Crippen LogP) is 2.44. The van der Waals surface area contributed by atoms with Crippen LogP contribution < -0.4 is 0 Å². The van der Waals surface area contributed by atoms with Crippen LogP contribution in [0.15, 0.2) is 12.1 Å². The van der Waals surface area contributed by atoms with Crippen molar-refractivity contribution in [1.29, 1.82) is 0 Å². The van der Waals surface area contributed by atoms with Crippen molar-refractivity contribution >= 4 is 11.3 Å². The summed E-state index contributed by atoms with van der Waals surface area (Å²) in [4.78, 5) is 7.63. The van der Waals surface area contributed by atoms with E-state index in [0.29, 0.717) is 12.1 Å². The topological polar surface area (TPSA) is 26.7 Å². The lowest BCUT2D eigenvalue weighted by Gasteiger charge is -2.22. The molecule has 2 heterocycles. The van der Waals surface area contributed by atoms with Crippen molar-refractivity contribution in [1.82, 2.24) is 9.80 Å². The summed E-state index contributed by atoms with van der Waals surface area (Å²) < 4.78 is 0. The van der Waals surface area contributed by atoms with E-state index in [1.165, 1.54) is 16.2 Å². The maximum absolute atomic E-state index is 9.58. The van der Waals surface area contributed by atoms with Crippen molar-refractivity contribution in [3.05, 3.63) is 21.9 Å². The minimum Gasteiger partial charge on any atom is -0.395 e. The summed E-state index contributed by atoms with van der Waals surface area (Å²) in [5.74, 6) is 0.719. The van der Waals surface area contributed by atoms with Gasteiger partial charge in [-0.15, -0.1) is 11.3 Å².